The van der Waals surface area contributed by atoms with Crippen molar-refractivity contribution in [3.63, 3.8) is 0 Å². The molecule has 5 aliphatic carbocycles. The maximum absolute atomic E-state index is 15.6. The number of epoxide rings is 1. The van der Waals surface area contributed by atoms with E-state index < -0.39 is 81.2 Å². The van der Waals surface area contributed by atoms with Gasteiger partial charge in [-0.05, 0) is 124 Å². The Labute approximate surface area is 376 Å². The fourth-order valence-electron chi connectivity index (χ4n) is 18.6. The third-order valence-corrected chi connectivity index (χ3v) is 20.9. The van der Waals surface area contributed by atoms with Gasteiger partial charge in [-0.25, -0.2) is 4.79 Å². The third kappa shape index (κ3) is 5.21. The molecule has 5 saturated carbocycles. The molecule has 0 amide bonds. The van der Waals surface area contributed by atoms with E-state index in [0.717, 1.165) is 71.0 Å². The SMILES string of the molecule is CC(C)CCC1(C)OC2C3C(=O)OCC24C1C(=O)C(O)C1(C)C4C(CC32CCCC2)CC2(C)C(c3ccoc3CC(C(O)CO)C3CCC4C(C=CN5CNCC45)C3)OC(=O)C3OC321. The van der Waals surface area contributed by atoms with E-state index in [2.05, 4.69) is 43.3 Å². The van der Waals surface area contributed by atoms with E-state index in [1.165, 1.54) is 0 Å². The number of aliphatic hydroxyl groups excluding tert-OH is 3. The molecule has 0 radical (unpaired) electrons. The first-order valence-electron chi connectivity index (χ1n) is 25.0. The number of hydrogen-bond acceptors (Lipinski definition) is 13. The molecule has 350 valence electrons. The number of aliphatic hydroxyl groups is 3. The zero-order valence-corrected chi connectivity index (χ0v) is 38.3. The molecule has 2 bridgehead atoms. The number of rotatable bonds is 9. The lowest BCUT2D eigenvalue weighted by atomic mass is 9.34. The number of ketones is 1. The Morgan fingerprint density at radius 1 is 1.02 bits per heavy atom. The molecule has 19 atom stereocenters. The Balaban J connectivity index is 0.952. The average Bonchev–Trinajstić information content (AvgIpc) is 3.65. The van der Waals surface area contributed by atoms with E-state index in [4.69, 9.17) is 23.4 Å². The summed E-state index contributed by atoms with van der Waals surface area (Å²) in [6.07, 6.45) is 11.0. The number of nitrogens with one attached hydrogen (secondary N) is 1. The van der Waals surface area contributed by atoms with Crippen molar-refractivity contribution < 1.29 is 53.1 Å². The van der Waals surface area contributed by atoms with Gasteiger partial charge in [-0.15, -0.1) is 0 Å². The van der Waals surface area contributed by atoms with Crippen molar-refractivity contribution in [2.75, 3.05) is 26.4 Å². The number of nitrogens with zero attached hydrogens (tertiary/aromatic N) is 1. The summed E-state index contributed by atoms with van der Waals surface area (Å²) in [5.74, 6) is -0.996. The highest BCUT2D eigenvalue weighted by Gasteiger charge is 2.93. The Kier molecular flexibility index (Phi) is 9.39. The van der Waals surface area contributed by atoms with Crippen LogP contribution < -0.4 is 5.32 Å². The number of carbonyl (C=O) groups is 3. The number of Topliss-reactive ketones (excluding diaryl/α,β-unsaturated/α-hetero) is 1. The molecule has 12 rings (SSSR count). The number of furan rings is 1. The minimum atomic E-state index is -1.47. The van der Waals surface area contributed by atoms with Gasteiger partial charge in [0.1, 0.15) is 30.2 Å². The molecule has 64 heavy (non-hydrogen) atoms. The first-order valence-corrected chi connectivity index (χ1v) is 25.0. The maximum atomic E-state index is 15.6. The second-order valence-corrected chi connectivity index (χ2v) is 24.0. The molecule has 19 unspecified atom stereocenters. The topological polar surface area (TPSA) is 181 Å². The Bertz CT molecular complexity index is 2130. The van der Waals surface area contributed by atoms with Crippen LogP contribution in [-0.2, 0) is 39.8 Å². The van der Waals surface area contributed by atoms with Crippen LogP contribution in [0.3, 0.4) is 0 Å². The largest absolute Gasteiger partial charge is 0.469 e. The molecule has 11 aliphatic rings. The summed E-state index contributed by atoms with van der Waals surface area (Å²) in [7, 11) is 0. The molecule has 3 spiro atoms. The normalized spacial score (nSPS) is 49.9. The van der Waals surface area contributed by atoms with Crippen LogP contribution in [-0.4, -0.2) is 106 Å². The van der Waals surface area contributed by atoms with Gasteiger partial charge in [-0.2, -0.15) is 0 Å². The Hall–Kier alpha value is -2.81. The van der Waals surface area contributed by atoms with Gasteiger partial charge < -0.3 is 43.6 Å². The van der Waals surface area contributed by atoms with Crippen molar-refractivity contribution in [1.29, 1.82) is 0 Å². The van der Waals surface area contributed by atoms with Crippen molar-refractivity contribution in [2.24, 2.45) is 74.9 Å². The van der Waals surface area contributed by atoms with Crippen LogP contribution >= 0.6 is 0 Å². The lowest BCUT2D eigenvalue weighted by Crippen LogP contribution is -2.78. The highest BCUT2D eigenvalue weighted by molar-refractivity contribution is 5.92. The number of hydrogen-bond donors (Lipinski definition) is 4. The number of carbonyl (C=O) groups excluding carboxylic acids is 3. The van der Waals surface area contributed by atoms with E-state index in [-0.39, 0.29) is 48.6 Å². The van der Waals surface area contributed by atoms with Crippen LogP contribution in [0.4, 0.5) is 0 Å². The maximum Gasteiger partial charge on any atom is 0.339 e. The van der Waals surface area contributed by atoms with Gasteiger partial charge in [0, 0.05) is 40.8 Å². The Morgan fingerprint density at radius 3 is 2.58 bits per heavy atom. The Morgan fingerprint density at radius 2 is 1.81 bits per heavy atom. The van der Waals surface area contributed by atoms with Crippen LogP contribution in [0.15, 0.2) is 29.0 Å². The van der Waals surface area contributed by atoms with Gasteiger partial charge in [-0.3, -0.25) is 14.9 Å². The van der Waals surface area contributed by atoms with Crippen molar-refractivity contribution in [3.8, 4) is 0 Å². The van der Waals surface area contributed by atoms with Gasteiger partial charge in [0.2, 0.25) is 0 Å². The van der Waals surface area contributed by atoms with E-state index in [1.54, 1.807) is 6.26 Å². The van der Waals surface area contributed by atoms with Crippen LogP contribution in [0.5, 0.6) is 0 Å². The summed E-state index contributed by atoms with van der Waals surface area (Å²) in [6, 6.07) is 2.36. The predicted molar refractivity (Wildman–Crippen MR) is 229 cm³/mol. The first kappa shape index (κ1) is 42.5. The summed E-state index contributed by atoms with van der Waals surface area (Å²) < 4.78 is 33.7. The summed E-state index contributed by atoms with van der Waals surface area (Å²) in [5, 5.41) is 38.7. The van der Waals surface area contributed by atoms with Gasteiger partial charge in [-0.1, -0.05) is 46.6 Å². The molecule has 1 aromatic rings. The second kappa shape index (κ2) is 14.1. The average molecular weight is 887 g/mol. The number of fused-ring (bicyclic) bond motifs is 4. The molecular formula is C51H70N2O11. The molecule has 1 aromatic heterocycles. The van der Waals surface area contributed by atoms with Gasteiger partial charge >= 0.3 is 11.9 Å². The standard InChI is InChI=1S/C51H70N2O11/c1-26(2)10-15-47(4)39-37(56)40(57)48(5)38-29(21-49(13-6-7-14-49)36-42(63-47)50(38,39)24-61-44(36)58)20-46(3)41(62-45(59)43-51(46,48)64-43)31-12-17-60-35(31)19-32(34(55)23-54)27-8-9-30-28(18-27)11-16-53-25-52-22-33(30)53/h11-12,16-17,26-30,32-34,36,38-43,52,54-55,57H,6-10,13-15,18-25H2,1-5H3. The number of ether oxygens (including phenoxy) is 4. The molecular weight excluding hydrogens is 817 g/mol. The summed E-state index contributed by atoms with van der Waals surface area (Å²) in [5.41, 5.74) is -5.00. The molecule has 10 fully saturated rings. The summed E-state index contributed by atoms with van der Waals surface area (Å²) in [4.78, 5) is 47.0. The number of allylic oxidation sites excluding steroid dienone is 1. The predicted octanol–water partition coefficient (Wildman–Crippen LogP) is 5.24. The van der Waals surface area contributed by atoms with Crippen molar-refractivity contribution in [1.82, 2.24) is 10.2 Å². The molecule has 13 nitrogen and oxygen atoms in total. The van der Waals surface area contributed by atoms with Crippen LogP contribution in [0.25, 0.3) is 0 Å². The van der Waals surface area contributed by atoms with Gasteiger partial charge in [0.15, 0.2) is 11.9 Å². The monoisotopic (exact) mass is 886 g/mol. The van der Waals surface area contributed by atoms with Crippen LogP contribution in [0.1, 0.15) is 123 Å². The lowest BCUT2D eigenvalue weighted by molar-refractivity contribution is -0.266. The van der Waals surface area contributed by atoms with E-state index in [0.29, 0.717) is 54.4 Å². The summed E-state index contributed by atoms with van der Waals surface area (Å²) in [6.45, 7) is 12.0. The van der Waals surface area contributed by atoms with Crippen molar-refractivity contribution >= 4 is 17.7 Å². The first-order chi connectivity index (χ1) is 30.6. The molecule has 6 aliphatic heterocycles. The quantitative estimate of drug-likeness (QED) is 0.187. The smallest absolute Gasteiger partial charge is 0.339 e. The zero-order valence-electron chi connectivity index (χ0n) is 38.3. The molecule has 13 heteroatoms. The minimum absolute atomic E-state index is 0.0420. The molecule has 7 heterocycles. The minimum Gasteiger partial charge on any atom is -0.469 e. The fourth-order valence-corrected chi connectivity index (χ4v) is 18.6. The highest BCUT2D eigenvalue weighted by Crippen LogP contribution is 2.84. The fraction of sp³-hybridized carbons (Fsp3) is 0.824. The zero-order chi connectivity index (χ0) is 44.5. The van der Waals surface area contributed by atoms with E-state index >= 15 is 4.79 Å². The summed E-state index contributed by atoms with van der Waals surface area (Å²) >= 11 is 0. The molecule has 5 saturated heterocycles. The lowest BCUT2D eigenvalue weighted by Gasteiger charge is -2.68. The van der Waals surface area contributed by atoms with Crippen molar-refractivity contribution in [3.05, 3.63) is 35.9 Å². The van der Waals surface area contributed by atoms with Gasteiger partial charge in [0.05, 0.1) is 49.2 Å². The number of esters is 2. The van der Waals surface area contributed by atoms with E-state index in [1.807, 2.05) is 19.9 Å². The van der Waals surface area contributed by atoms with E-state index in [9.17, 15) is 24.9 Å². The van der Waals surface area contributed by atoms with Crippen LogP contribution in [0, 0.1) is 74.9 Å². The molecule has 4 N–H and O–H groups in total. The highest BCUT2D eigenvalue weighted by atomic mass is 16.7. The van der Waals surface area contributed by atoms with Crippen LogP contribution in [0.2, 0.25) is 0 Å². The number of cyclic esters (lactones) is 2. The second-order valence-electron chi connectivity index (χ2n) is 24.0. The van der Waals surface area contributed by atoms with Crippen molar-refractivity contribution in [2.45, 2.75) is 159 Å². The van der Waals surface area contributed by atoms with Gasteiger partial charge in [0.25, 0.3) is 0 Å². The molecule has 0 aromatic carbocycles. The third-order valence-electron chi connectivity index (χ3n) is 20.9.